The molecule has 15 nitrogen and oxygen atoms in total. The van der Waals surface area contributed by atoms with Gasteiger partial charge >= 0.3 is 6.18 Å². The first-order valence-corrected chi connectivity index (χ1v) is 23.8. The molecule has 0 radical (unpaired) electrons. The number of halogens is 4. The SMILES string of the molecule is CN1C(=O)C(NC(=O)C(=N)N=C(N)Cc2ccc(SCCCCCn3cc(C(=O)NCCCCc4ccc(OCc5ccc(F)c(C(F)(F)F)c5)c(CNCCO)c4)cn3)cc2)COc2ccccc21. The van der Waals surface area contributed by atoms with E-state index in [4.69, 9.17) is 20.6 Å². The number of ether oxygens (including phenoxy) is 2. The molecule has 0 aliphatic carbocycles. The van der Waals surface area contributed by atoms with Gasteiger partial charge in [-0.2, -0.15) is 18.3 Å². The van der Waals surface area contributed by atoms with Crippen molar-refractivity contribution < 1.29 is 46.5 Å². The van der Waals surface area contributed by atoms with Crippen LogP contribution in [0.1, 0.15) is 70.3 Å². The van der Waals surface area contributed by atoms with Crippen LogP contribution in [0.25, 0.3) is 0 Å². The van der Waals surface area contributed by atoms with Gasteiger partial charge in [0, 0.05) is 56.3 Å². The van der Waals surface area contributed by atoms with Crippen LogP contribution in [-0.2, 0) is 48.3 Å². The molecule has 70 heavy (non-hydrogen) atoms. The molecule has 6 rings (SSSR count). The molecule has 5 aromatic rings. The number of aryl methyl sites for hydroxylation is 2. The summed E-state index contributed by atoms with van der Waals surface area (Å²) in [5.74, 6) is -1.39. The van der Waals surface area contributed by atoms with Gasteiger partial charge in [-0.1, -0.05) is 48.9 Å². The van der Waals surface area contributed by atoms with E-state index in [0.29, 0.717) is 55.3 Å². The van der Waals surface area contributed by atoms with Gasteiger partial charge in [-0.25, -0.2) is 9.38 Å². The third-order valence-corrected chi connectivity index (χ3v) is 12.3. The van der Waals surface area contributed by atoms with Gasteiger partial charge in [0.25, 0.3) is 17.7 Å². The summed E-state index contributed by atoms with van der Waals surface area (Å²) in [6.45, 7) is 1.50. The van der Waals surface area contributed by atoms with Crippen molar-refractivity contribution in [3.05, 3.63) is 137 Å². The second-order valence-electron chi connectivity index (χ2n) is 16.5. The number of nitrogens with one attached hydrogen (secondary N) is 4. The summed E-state index contributed by atoms with van der Waals surface area (Å²) in [6, 6.07) is 22.2. The van der Waals surface area contributed by atoms with Crippen molar-refractivity contribution in [1.29, 1.82) is 5.41 Å². The van der Waals surface area contributed by atoms with Gasteiger partial charge in [-0.15, -0.1) is 11.8 Å². The molecular weight excluding hydrogens is 931 g/mol. The highest BCUT2D eigenvalue weighted by Gasteiger charge is 2.34. The zero-order chi connectivity index (χ0) is 50.0. The Bertz CT molecular complexity index is 2610. The Hall–Kier alpha value is -6.77. The van der Waals surface area contributed by atoms with Crippen molar-refractivity contribution in [3.8, 4) is 11.5 Å². The van der Waals surface area contributed by atoms with Gasteiger partial charge in [-0.05, 0) is 97.0 Å². The number of benzene rings is 4. The maximum absolute atomic E-state index is 13.8. The fourth-order valence-electron chi connectivity index (χ4n) is 7.44. The lowest BCUT2D eigenvalue weighted by molar-refractivity contribution is -0.140. The zero-order valence-corrected chi connectivity index (χ0v) is 39.5. The molecule has 0 bridgehead atoms. The molecule has 0 saturated heterocycles. The number of aliphatic hydroxyl groups is 1. The quantitative estimate of drug-likeness (QED) is 0.0132. The van der Waals surface area contributed by atoms with E-state index in [1.807, 2.05) is 36.4 Å². The molecular formula is C50H57F4N9O6S. The number of alkyl halides is 3. The Morgan fingerprint density at radius 2 is 1.76 bits per heavy atom. The molecule has 4 aromatic carbocycles. The minimum atomic E-state index is -4.82. The number of fused-ring (bicyclic) bond motifs is 1. The number of unbranched alkanes of at least 4 members (excludes halogenated alkanes) is 3. The number of para-hydroxylation sites is 2. The lowest BCUT2D eigenvalue weighted by Gasteiger charge is -2.20. The molecule has 2 heterocycles. The van der Waals surface area contributed by atoms with Gasteiger partial charge < -0.3 is 41.2 Å². The Kier molecular flexibility index (Phi) is 19.3. The number of anilines is 1. The maximum Gasteiger partial charge on any atom is 0.419 e. The fraction of sp³-hybridized carbons (Fsp3) is 0.360. The molecule has 7 N–H and O–H groups in total. The van der Waals surface area contributed by atoms with Crippen molar-refractivity contribution in [3.63, 3.8) is 0 Å². The lowest BCUT2D eigenvalue weighted by atomic mass is 10.0. The van der Waals surface area contributed by atoms with Crippen molar-refractivity contribution in [2.75, 3.05) is 44.0 Å². The molecule has 1 aliphatic rings. The number of nitrogens with two attached hydrogens (primary N) is 1. The Balaban J connectivity index is 0.837. The zero-order valence-electron chi connectivity index (χ0n) is 38.7. The first kappa shape index (κ1) is 52.6. The van der Waals surface area contributed by atoms with E-state index in [9.17, 15) is 37.1 Å². The van der Waals surface area contributed by atoms with E-state index in [1.54, 1.807) is 66.2 Å². The van der Waals surface area contributed by atoms with E-state index in [2.05, 4.69) is 26.0 Å². The molecule has 0 fully saturated rings. The molecule has 0 spiro atoms. The summed E-state index contributed by atoms with van der Waals surface area (Å²) in [4.78, 5) is 45.0. The molecule has 20 heteroatoms. The lowest BCUT2D eigenvalue weighted by Crippen LogP contribution is -2.51. The van der Waals surface area contributed by atoms with Crippen molar-refractivity contribution >= 4 is 46.8 Å². The summed E-state index contributed by atoms with van der Waals surface area (Å²) >= 11 is 1.73. The average Bonchev–Trinajstić information content (AvgIpc) is 3.78. The van der Waals surface area contributed by atoms with Crippen LogP contribution in [0, 0.1) is 11.2 Å². The normalized spacial score (nSPS) is 13.9. The molecule has 3 amide bonds. The standard InChI is InChI=1S/C50H57F4N9O6S/c1-62-42-10-3-4-11-44(42)69-32-41(49(62)67)60-48(66)46(56)61-45(55)27-34-12-16-38(17-13-34)70-24-8-2-7-22-63-30-37(29-59-63)47(65)58-20-6-5-9-33-15-19-43(36(25-33)28-57-21-23-64)68-31-35-14-18-40(51)39(26-35)50(52,53)54/h3-4,10-19,25-26,29-30,41,57,64H,2,5-9,20-24,27-28,31-32H2,1H3,(H,58,65)(H,60,66)(H3,55,56,61). The number of aliphatic imine (C=N–C) groups is 1. The molecule has 1 atom stereocenters. The van der Waals surface area contributed by atoms with Crippen LogP contribution in [0.5, 0.6) is 11.5 Å². The van der Waals surface area contributed by atoms with Crippen LogP contribution in [0.2, 0.25) is 0 Å². The van der Waals surface area contributed by atoms with Gasteiger partial charge in [-0.3, -0.25) is 24.5 Å². The molecule has 1 unspecified atom stereocenters. The van der Waals surface area contributed by atoms with Crippen molar-refractivity contribution in [2.24, 2.45) is 10.7 Å². The Morgan fingerprint density at radius 1 is 0.986 bits per heavy atom. The summed E-state index contributed by atoms with van der Waals surface area (Å²) in [5, 5.41) is 30.3. The molecule has 1 aromatic heterocycles. The van der Waals surface area contributed by atoms with Crippen LogP contribution < -0.4 is 36.1 Å². The highest BCUT2D eigenvalue weighted by atomic mass is 32.2. The van der Waals surface area contributed by atoms with E-state index >= 15 is 0 Å². The number of amides is 3. The third-order valence-electron chi connectivity index (χ3n) is 11.2. The topological polar surface area (TPSA) is 209 Å². The number of carbonyl (C=O) groups is 3. The number of amidine groups is 2. The van der Waals surface area contributed by atoms with Crippen molar-refractivity contribution in [2.45, 2.75) is 81.8 Å². The Labute approximate surface area is 407 Å². The highest BCUT2D eigenvalue weighted by molar-refractivity contribution is 7.99. The number of likely N-dealkylation sites (N-methyl/N-ethyl adjacent to an activating group) is 1. The van der Waals surface area contributed by atoms with E-state index in [1.165, 1.54) is 11.0 Å². The van der Waals surface area contributed by atoms with Crippen LogP contribution in [-0.4, -0.2) is 89.4 Å². The van der Waals surface area contributed by atoms with E-state index in [0.717, 1.165) is 71.6 Å². The minimum absolute atomic E-state index is 0.0720. The molecule has 1 aliphatic heterocycles. The monoisotopic (exact) mass is 987 g/mol. The van der Waals surface area contributed by atoms with E-state index < -0.39 is 35.3 Å². The minimum Gasteiger partial charge on any atom is -0.489 e. The van der Waals surface area contributed by atoms with E-state index in [-0.39, 0.29) is 49.5 Å². The summed E-state index contributed by atoms with van der Waals surface area (Å²) in [6.07, 6.45) is 3.79. The third kappa shape index (κ3) is 15.6. The fourth-order valence-corrected chi connectivity index (χ4v) is 8.36. The predicted octanol–water partition coefficient (Wildman–Crippen LogP) is 6.83. The van der Waals surface area contributed by atoms with Crippen LogP contribution in [0.15, 0.2) is 107 Å². The number of rotatable bonds is 23. The maximum atomic E-state index is 13.8. The number of hydrogen-bond acceptors (Lipinski definition) is 10. The van der Waals surface area contributed by atoms with Crippen molar-refractivity contribution in [1.82, 2.24) is 25.7 Å². The number of carbonyl (C=O) groups excluding carboxylic acids is 3. The van der Waals surface area contributed by atoms with Crippen LogP contribution in [0.4, 0.5) is 23.2 Å². The molecule has 372 valence electrons. The number of hydrogen-bond donors (Lipinski definition) is 6. The summed E-state index contributed by atoms with van der Waals surface area (Å²) in [7, 11) is 1.59. The average molecular weight is 988 g/mol. The number of nitrogens with zero attached hydrogens (tertiary/aromatic N) is 4. The number of aromatic nitrogens is 2. The highest BCUT2D eigenvalue weighted by Crippen LogP contribution is 2.33. The number of thioether (sulfide) groups is 1. The molecule has 0 saturated carbocycles. The van der Waals surface area contributed by atoms with Gasteiger partial charge in [0.1, 0.15) is 42.4 Å². The van der Waals surface area contributed by atoms with Crippen LogP contribution in [0.3, 0.4) is 0 Å². The smallest absolute Gasteiger partial charge is 0.419 e. The predicted molar refractivity (Wildman–Crippen MR) is 260 cm³/mol. The number of aliphatic hydroxyl groups excluding tert-OH is 1. The summed E-state index contributed by atoms with van der Waals surface area (Å²) < 4.78 is 66.7. The van der Waals surface area contributed by atoms with Gasteiger partial charge in [0.05, 0.1) is 29.6 Å². The summed E-state index contributed by atoms with van der Waals surface area (Å²) in [5.41, 5.74) is 8.63. The van der Waals surface area contributed by atoms with Gasteiger partial charge in [0.2, 0.25) is 5.84 Å². The second kappa shape index (κ2) is 25.7. The van der Waals surface area contributed by atoms with Crippen LogP contribution >= 0.6 is 11.8 Å². The Morgan fingerprint density at radius 3 is 2.54 bits per heavy atom. The first-order chi connectivity index (χ1) is 33.7. The largest absolute Gasteiger partial charge is 0.489 e. The van der Waals surface area contributed by atoms with Gasteiger partial charge in [0.15, 0.2) is 0 Å². The second-order valence-corrected chi connectivity index (χ2v) is 17.7. The first-order valence-electron chi connectivity index (χ1n) is 22.8.